The molecule has 0 aliphatic carbocycles. The highest BCUT2D eigenvalue weighted by Crippen LogP contribution is 2.54. The van der Waals surface area contributed by atoms with Gasteiger partial charge in [-0.3, -0.25) is 4.57 Å². The number of hydrogen-bond acceptors (Lipinski definition) is 4. The zero-order chi connectivity index (χ0) is 18.0. The number of hydrogen-bond donors (Lipinski definition) is 0. The van der Waals surface area contributed by atoms with E-state index in [1.54, 1.807) is 14.2 Å². The number of rotatable bonds is 5. The van der Waals surface area contributed by atoms with Crippen LogP contribution in [0.1, 0.15) is 32.3 Å². The third-order valence-electron chi connectivity index (χ3n) is 4.51. The van der Waals surface area contributed by atoms with E-state index in [-0.39, 0.29) is 0 Å². The molecule has 0 fully saturated rings. The molecular formula is C20H23O4P. The first kappa shape index (κ1) is 17.6. The lowest BCUT2D eigenvalue weighted by molar-refractivity contribution is 0.404. The number of ether oxygens (including phenoxy) is 2. The second kappa shape index (κ2) is 6.97. The summed E-state index contributed by atoms with van der Waals surface area (Å²) in [6.07, 6.45) is 1.51. The molecule has 4 nitrogen and oxygen atoms in total. The Morgan fingerprint density at radius 2 is 1.56 bits per heavy atom. The second-order valence-electron chi connectivity index (χ2n) is 5.83. The summed E-state index contributed by atoms with van der Waals surface area (Å²) < 4.78 is 30.7. The predicted molar refractivity (Wildman–Crippen MR) is 101 cm³/mol. The summed E-state index contributed by atoms with van der Waals surface area (Å²) in [5.41, 5.74) is 2.06. The topological polar surface area (TPSA) is 44.8 Å². The van der Waals surface area contributed by atoms with Gasteiger partial charge in [0, 0.05) is 6.42 Å². The number of fused-ring (bicyclic) bond motifs is 1. The molecule has 2 aromatic rings. The van der Waals surface area contributed by atoms with Crippen LogP contribution in [0.3, 0.4) is 0 Å². The molecule has 5 heteroatoms. The van der Waals surface area contributed by atoms with Crippen LogP contribution >= 0.6 is 7.37 Å². The van der Waals surface area contributed by atoms with Crippen LogP contribution in [0.15, 0.2) is 48.2 Å². The average Bonchev–Trinajstić information content (AvgIpc) is 2.67. The van der Waals surface area contributed by atoms with Crippen molar-refractivity contribution in [2.75, 3.05) is 14.2 Å². The van der Waals surface area contributed by atoms with Crippen molar-refractivity contribution in [1.29, 1.82) is 0 Å². The van der Waals surface area contributed by atoms with Crippen molar-refractivity contribution in [2.24, 2.45) is 0 Å². The van der Waals surface area contributed by atoms with E-state index in [2.05, 4.69) is 6.92 Å². The maximum atomic E-state index is 13.9. The Labute approximate surface area is 148 Å². The van der Waals surface area contributed by atoms with Gasteiger partial charge in [-0.25, -0.2) is 0 Å². The summed E-state index contributed by atoms with van der Waals surface area (Å²) in [4.78, 5) is 0. The molecule has 0 saturated heterocycles. The van der Waals surface area contributed by atoms with Gasteiger partial charge in [0.05, 0.1) is 24.8 Å². The highest BCUT2D eigenvalue weighted by Gasteiger charge is 2.38. The van der Waals surface area contributed by atoms with Crippen molar-refractivity contribution in [3.63, 3.8) is 0 Å². The molecule has 0 radical (unpaired) electrons. The average molecular weight is 358 g/mol. The molecule has 0 N–H and O–H groups in total. The van der Waals surface area contributed by atoms with E-state index in [9.17, 15) is 4.57 Å². The van der Waals surface area contributed by atoms with Gasteiger partial charge in [-0.1, -0.05) is 13.8 Å². The highest BCUT2D eigenvalue weighted by molar-refractivity contribution is 7.74. The van der Waals surface area contributed by atoms with Crippen LogP contribution in [0.25, 0.3) is 5.57 Å². The first-order valence-electron chi connectivity index (χ1n) is 8.42. The minimum Gasteiger partial charge on any atom is -0.497 e. The molecule has 25 heavy (non-hydrogen) atoms. The molecule has 1 atom stereocenters. The highest BCUT2D eigenvalue weighted by atomic mass is 31.2. The van der Waals surface area contributed by atoms with Crippen molar-refractivity contribution < 1.29 is 18.6 Å². The van der Waals surface area contributed by atoms with Crippen molar-refractivity contribution in [1.82, 2.24) is 0 Å². The summed E-state index contributed by atoms with van der Waals surface area (Å²) in [7, 11) is 0.0428. The fourth-order valence-electron chi connectivity index (χ4n) is 3.19. The van der Waals surface area contributed by atoms with Crippen LogP contribution in [0, 0.1) is 0 Å². The Balaban J connectivity index is 2.23. The van der Waals surface area contributed by atoms with E-state index in [4.69, 9.17) is 14.0 Å². The van der Waals surface area contributed by atoms with E-state index in [0.29, 0.717) is 11.7 Å². The zero-order valence-corrected chi connectivity index (χ0v) is 15.9. The van der Waals surface area contributed by atoms with Crippen LogP contribution in [0.2, 0.25) is 0 Å². The third kappa shape index (κ3) is 2.96. The molecule has 2 aromatic carbocycles. The van der Waals surface area contributed by atoms with Crippen molar-refractivity contribution in [3.8, 4) is 11.5 Å². The quantitative estimate of drug-likeness (QED) is 0.739. The van der Waals surface area contributed by atoms with Crippen LogP contribution < -0.4 is 20.1 Å². The van der Waals surface area contributed by atoms with Gasteiger partial charge in [-0.15, -0.1) is 0 Å². The monoisotopic (exact) mass is 358 g/mol. The summed E-state index contributed by atoms with van der Waals surface area (Å²) in [5.74, 6) is 2.27. The van der Waals surface area contributed by atoms with E-state index in [0.717, 1.165) is 40.1 Å². The minimum atomic E-state index is -3.21. The predicted octanol–water partition coefficient (Wildman–Crippen LogP) is 4.49. The molecule has 0 saturated carbocycles. The lowest BCUT2D eigenvalue weighted by Crippen LogP contribution is -2.25. The molecule has 1 aliphatic heterocycles. The van der Waals surface area contributed by atoms with Gasteiger partial charge < -0.3 is 14.0 Å². The summed E-state index contributed by atoms with van der Waals surface area (Å²) >= 11 is 0. The van der Waals surface area contributed by atoms with Crippen LogP contribution in [-0.4, -0.2) is 14.2 Å². The van der Waals surface area contributed by atoms with Gasteiger partial charge in [0.2, 0.25) is 0 Å². The Kier molecular flexibility index (Phi) is 4.91. The van der Waals surface area contributed by atoms with E-state index in [1.807, 2.05) is 49.4 Å². The lowest BCUT2D eigenvalue weighted by atomic mass is 10.0. The standard InChI is InChI=1S/C20H23O4P/c1-5-17-18-13-15(23-4)9-12-20(18)25(21,24-19(17)6-2)16-10-7-14(22-3)8-11-16/h7-13H,5-6H2,1-4H3. The third-order valence-corrected chi connectivity index (χ3v) is 6.99. The summed E-state index contributed by atoms with van der Waals surface area (Å²) in [6, 6.07) is 12.9. The fraction of sp³-hybridized carbons (Fsp3) is 0.300. The van der Waals surface area contributed by atoms with Gasteiger partial charge in [0.1, 0.15) is 17.3 Å². The van der Waals surface area contributed by atoms with Crippen molar-refractivity contribution >= 4 is 23.6 Å². The summed E-state index contributed by atoms with van der Waals surface area (Å²) in [5, 5.41) is 1.40. The Hall–Kier alpha value is -2.19. The summed E-state index contributed by atoms with van der Waals surface area (Å²) in [6.45, 7) is 4.11. The first-order chi connectivity index (χ1) is 12.1. The smallest absolute Gasteiger partial charge is 0.307 e. The number of allylic oxidation sites excluding steroid dienone is 2. The van der Waals surface area contributed by atoms with Crippen molar-refractivity contribution in [3.05, 3.63) is 53.8 Å². The Morgan fingerprint density at radius 1 is 0.920 bits per heavy atom. The second-order valence-corrected chi connectivity index (χ2v) is 8.12. The molecule has 1 aliphatic rings. The first-order valence-corrected chi connectivity index (χ1v) is 10.0. The molecule has 3 rings (SSSR count). The Bertz CT molecular complexity index is 852. The van der Waals surface area contributed by atoms with Crippen LogP contribution in [0.4, 0.5) is 0 Å². The number of benzene rings is 2. The molecule has 1 unspecified atom stereocenters. The fourth-order valence-corrected chi connectivity index (χ4v) is 5.55. The SMILES string of the molecule is CCC1=C(CC)c2cc(OC)ccc2P(=O)(c2ccc(OC)cc2)O1. The molecule has 0 spiro atoms. The molecule has 0 aromatic heterocycles. The normalized spacial score (nSPS) is 19.2. The van der Waals surface area contributed by atoms with Crippen LogP contribution in [-0.2, 0) is 9.09 Å². The Morgan fingerprint density at radius 3 is 2.12 bits per heavy atom. The van der Waals surface area contributed by atoms with Gasteiger partial charge in [0.25, 0.3) is 0 Å². The zero-order valence-electron chi connectivity index (χ0n) is 15.0. The van der Waals surface area contributed by atoms with Crippen molar-refractivity contribution in [2.45, 2.75) is 26.7 Å². The van der Waals surface area contributed by atoms with Gasteiger partial charge >= 0.3 is 7.37 Å². The van der Waals surface area contributed by atoms with E-state index < -0.39 is 7.37 Å². The number of methoxy groups -OCH3 is 2. The lowest BCUT2D eigenvalue weighted by Gasteiger charge is -2.31. The molecule has 1 heterocycles. The maximum Gasteiger partial charge on any atom is 0.307 e. The molecular weight excluding hydrogens is 335 g/mol. The van der Waals surface area contributed by atoms with Gasteiger partial charge in [0.15, 0.2) is 0 Å². The van der Waals surface area contributed by atoms with E-state index >= 15 is 0 Å². The largest absolute Gasteiger partial charge is 0.497 e. The minimum absolute atomic E-state index is 0.667. The van der Waals surface area contributed by atoms with E-state index in [1.165, 1.54) is 0 Å². The molecule has 132 valence electrons. The van der Waals surface area contributed by atoms with Gasteiger partial charge in [-0.05, 0) is 60.0 Å². The maximum absolute atomic E-state index is 13.9. The molecule has 0 bridgehead atoms. The van der Waals surface area contributed by atoms with Crippen LogP contribution in [0.5, 0.6) is 11.5 Å². The molecule has 0 amide bonds. The van der Waals surface area contributed by atoms with Gasteiger partial charge in [-0.2, -0.15) is 0 Å².